The Morgan fingerprint density at radius 2 is 1.52 bits per heavy atom. The number of carbonyl (C=O) groups is 1. The van der Waals surface area contributed by atoms with Crippen LogP contribution in [0.5, 0.6) is 0 Å². The molecule has 5 aliphatic carbocycles. The molecule has 308 valence electrons. The Labute approximate surface area is 319 Å². The van der Waals surface area contributed by atoms with Crippen LogP contribution in [-0.4, -0.2) is 128 Å². The monoisotopic (exact) mass is 766 g/mol. The molecule has 13 heteroatoms. The minimum Gasteiger partial charge on any atom is -0.481 e. The molecule has 0 radical (unpaired) electrons. The van der Waals surface area contributed by atoms with Gasteiger partial charge < -0.3 is 59.8 Å². The van der Waals surface area contributed by atoms with Crippen LogP contribution in [0.3, 0.4) is 0 Å². The number of aliphatic hydroxyl groups is 7. The van der Waals surface area contributed by atoms with Crippen molar-refractivity contribution in [2.45, 2.75) is 167 Å². The highest BCUT2D eigenvalue weighted by Crippen LogP contribution is 2.76. The van der Waals surface area contributed by atoms with Crippen LogP contribution < -0.4 is 0 Å². The first-order valence-electron chi connectivity index (χ1n) is 20.4. The van der Waals surface area contributed by atoms with Crippen LogP contribution in [0.25, 0.3) is 0 Å². The maximum atomic E-state index is 13.0. The zero-order chi connectivity index (χ0) is 39.4. The van der Waals surface area contributed by atoms with Crippen molar-refractivity contribution in [3.05, 3.63) is 11.6 Å². The second kappa shape index (κ2) is 14.0. The van der Waals surface area contributed by atoms with Gasteiger partial charge in [-0.25, -0.2) is 0 Å². The average Bonchev–Trinajstić information content (AvgIpc) is 3.12. The highest BCUT2D eigenvalue weighted by molar-refractivity contribution is 5.76. The van der Waals surface area contributed by atoms with E-state index >= 15 is 0 Å². The molecule has 0 aromatic heterocycles. The molecule has 0 bridgehead atoms. The van der Waals surface area contributed by atoms with Crippen LogP contribution in [0, 0.1) is 50.2 Å². The van der Waals surface area contributed by atoms with E-state index < -0.39 is 84.8 Å². The fourth-order valence-electron chi connectivity index (χ4n) is 13.4. The summed E-state index contributed by atoms with van der Waals surface area (Å²) in [4.78, 5) is 13.0. The van der Waals surface area contributed by atoms with Gasteiger partial charge in [-0.05, 0) is 104 Å². The summed E-state index contributed by atoms with van der Waals surface area (Å²) < 4.78 is 24.1. The molecule has 13 nitrogen and oxygen atoms in total. The molecule has 6 fully saturated rings. The second-order valence-electron chi connectivity index (χ2n) is 20.1. The average molecular weight is 767 g/mol. The first kappa shape index (κ1) is 40.9. The lowest BCUT2D eigenvalue weighted by molar-refractivity contribution is -0.368. The molecule has 0 spiro atoms. The number of hydrogen-bond acceptors (Lipinski definition) is 12. The third kappa shape index (κ3) is 5.92. The molecule has 4 saturated carbocycles. The molecular weight excluding hydrogens is 700 g/mol. The van der Waals surface area contributed by atoms with Gasteiger partial charge in [-0.1, -0.05) is 53.2 Å². The van der Waals surface area contributed by atoms with Crippen molar-refractivity contribution < 1.29 is 64.6 Å². The molecule has 7 aliphatic rings. The van der Waals surface area contributed by atoms with Crippen molar-refractivity contribution in [3.63, 3.8) is 0 Å². The molecule has 2 unspecified atom stereocenters. The fourth-order valence-corrected chi connectivity index (χ4v) is 13.4. The standard InChI is InChI=1S/C41H66O13/c1-36(2)13-15-41(35(49)50)16-14-39(5)21(22(41)17-36)7-8-26-37(3)11-10-27(38(4,20-43)25(37)9-12-40(26,39)6)53-34-32(28(45)23(44)19-51-34)54-33-31(48)30(47)29(46)24(18-42)52-33/h7,22-34,42-48H,8-20H2,1-6H3,(H,49,50)/t22-,23+,24-,25?,26-,27+,28+,29-,30+,31-,32-,33-,34+,37+,38?,39-,40-,41+/m1/s1. The maximum Gasteiger partial charge on any atom is 0.310 e. The summed E-state index contributed by atoms with van der Waals surface area (Å²) in [7, 11) is 0. The van der Waals surface area contributed by atoms with Crippen LogP contribution in [0.4, 0.5) is 0 Å². The van der Waals surface area contributed by atoms with E-state index in [2.05, 4.69) is 47.6 Å². The Balaban J connectivity index is 1.15. The van der Waals surface area contributed by atoms with E-state index in [4.69, 9.17) is 18.9 Å². The third-order valence-corrected chi connectivity index (χ3v) is 17.0. The van der Waals surface area contributed by atoms with E-state index in [1.807, 2.05) is 0 Å². The second-order valence-corrected chi connectivity index (χ2v) is 20.1. The molecule has 8 N–H and O–H groups in total. The Morgan fingerprint density at radius 1 is 0.815 bits per heavy atom. The molecule has 0 aromatic rings. The van der Waals surface area contributed by atoms with Gasteiger partial charge in [-0.2, -0.15) is 0 Å². The van der Waals surface area contributed by atoms with E-state index in [1.165, 1.54) is 5.57 Å². The van der Waals surface area contributed by atoms with Gasteiger partial charge in [0.15, 0.2) is 12.6 Å². The minimum absolute atomic E-state index is 0.0233. The molecule has 18 atom stereocenters. The Bertz CT molecular complexity index is 1450. The van der Waals surface area contributed by atoms with E-state index in [0.717, 1.165) is 51.4 Å². The van der Waals surface area contributed by atoms with E-state index in [0.29, 0.717) is 18.8 Å². The van der Waals surface area contributed by atoms with Crippen LogP contribution >= 0.6 is 0 Å². The summed E-state index contributed by atoms with van der Waals surface area (Å²) in [5, 5.41) is 84.7. The number of hydrogen-bond donors (Lipinski definition) is 8. The Morgan fingerprint density at radius 3 is 2.19 bits per heavy atom. The van der Waals surface area contributed by atoms with Crippen molar-refractivity contribution in [2.75, 3.05) is 19.8 Å². The van der Waals surface area contributed by atoms with Gasteiger partial charge in [0.25, 0.3) is 0 Å². The lowest BCUT2D eigenvalue weighted by atomic mass is 9.33. The molecular formula is C41H66O13. The molecule has 0 amide bonds. The highest BCUT2D eigenvalue weighted by atomic mass is 16.8. The first-order chi connectivity index (χ1) is 25.2. The summed E-state index contributed by atoms with van der Waals surface area (Å²) in [6.45, 7) is 12.8. The van der Waals surface area contributed by atoms with Crippen molar-refractivity contribution in [1.29, 1.82) is 0 Å². The normalized spacial score (nSPS) is 54.3. The van der Waals surface area contributed by atoms with E-state index in [9.17, 15) is 45.6 Å². The molecule has 7 rings (SSSR count). The van der Waals surface area contributed by atoms with Crippen molar-refractivity contribution >= 4 is 5.97 Å². The largest absolute Gasteiger partial charge is 0.481 e. The van der Waals surface area contributed by atoms with Crippen molar-refractivity contribution in [2.24, 2.45) is 50.2 Å². The van der Waals surface area contributed by atoms with Crippen LogP contribution in [-0.2, 0) is 23.7 Å². The van der Waals surface area contributed by atoms with Gasteiger partial charge in [0.1, 0.15) is 42.7 Å². The molecule has 2 heterocycles. The summed E-state index contributed by atoms with van der Waals surface area (Å²) in [5.74, 6) is -0.265. The third-order valence-electron chi connectivity index (χ3n) is 17.0. The smallest absolute Gasteiger partial charge is 0.310 e. The number of ether oxygens (including phenoxy) is 4. The van der Waals surface area contributed by atoms with Crippen LogP contribution in [0.1, 0.15) is 106 Å². The molecule has 2 saturated heterocycles. The predicted molar refractivity (Wildman–Crippen MR) is 193 cm³/mol. The summed E-state index contributed by atoms with van der Waals surface area (Å²) >= 11 is 0. The van der Waals surface area contributed by atoms with Crippen LogP contribution in [0.15, 0.2) is 11.6 Å². The summed E-state index contributed by atoms with van der Waals surface area (Å²) in [6.07, 6.45) is -3.32. The summed E-state index contributed by atoms with van der Waals surface area (Å²) in [5.41, 5.74) is -0.367. The Kier molecular flexibility index (Phi) is 10.6. The minimum atomic E-state index is -1.73. The summed E-state index contributed by atoms with van der Waals surface area (Å²) in [6, 6.07) is 0. The quantitative estimate of drug-likeness (QED) is 0.138. The number of rotatable bonds is 7. The number of allylic oxidation sites excluding steroid dienone is 2. The molecule has 54 heavy (non-hydrogen) atoms. The van der Waals surface area contributed by atoms with Gasteiger partial charge in [0.2, 0.25) is 0 Å². The number of aliphatic carboxylic acids is 1. The topological polar surface area (TPSA) is 216 Å². The Hall–Kier alpha value is -1.23. The zero-order valence-corrected chi connectivity index (χ0v) is 32.9. The van der Waals surface area contributed by atoms with Gasteiger partial charge >= 0.3 is 5.97 Å². The van der Waals surface area contributed by atoms with Crippen molar-refractivity contribution in [3.8, 4) is 0 Å². The highest BCUT2D eigenvalue weighted by Gasteiger charge is 2.70. The SMILES string of the molecule is CC1(C)CC[C@]2(C(=O)O)CC[C@]3(C)C(=CC[C@@H]4[C@@]5(C)CC[C@H](O[C@@H]6OC[C@H](O)[C@H](O)[C@H]6O[C@H]6O[C@H](CO)[C@@H](O)[C@H](O)[C@H]6O)C(C)(CO)C5CC[C@]43C)[C@H]2C1. The predicted octanol–water partition coefficient (Wildman–Crippen LogP) is 2.49. The lowest BCUT2D eigenvalue weighted by Crippen LogP contribution is -2.67. The van der Waals surface area contributed by atoms with Gasteiger partial charge in [-0.3, -0.25) is 4.79 Å². The zero-order valence-electron chi connectivity index (χ0n) is 32.9. The number of carboxylic acids is 1. The van der Waals surface area contributed by atoms with Gasteiger partial charge in [0, 0.05) is 5.41 Å². The molecule has 0 aromatic carbocycles. The first-order valence-corrected chi connectivity index (χ1v) is 20.4. The maximum absolute atomic E-state index is 13.0. The van der Waals surface area contributed by atoms with Gasteiger partial charge in [-0.15, -0.1) is 0 Å². The molecule has 2 aliphatic heterocycles. The number of carboxylic acid groups (broad SMARTS) is 1. The lowest BCUT2D eigenvalue weighted by Gasteiger charge is -2.71. The van der Waals surface area contributed by atoms with E-state index in [1.54, 1.807) is 0 Å². The van der Waals surface area contributed by atoms with Crippen molar-refractivity contribution in [1.82, 2.24) is 0 Å². The number of aliphatic hydroxyl groups excluding tert-OH is 7. The van der Waals surface area contributed by atoms with Gasteiger partial charge in [0.05, 0.1) is 31.3 Å². The number of fused-ring (bicyclic) bond motifs is 7. The fraction of sp³-hybridized carbons (Fsp3) is 0.927. The van der Waals surface area contributed by atoms with Crippen LogP contribution in [0.2, 0.25) is 0 Å². The van der Waals surface area contributed by atoms with E-state index in [-0.39, 0.29) is 46.7 Å².